The molecule has 2 heterocycles. The predicted octanol–water partition coefficient (Wildman–Crippen LogP) is 4.45. The highest BCUT2D eigenvalue weighted by Crippen LogP contribution is 2.25. The summed E-state index contributed by atoms with van der Waals surface area (Å²) >= 11 is 0. The maximum Gasteiger partial charge on any atom is 0.252 e. The van der Waals surface area contributed by atoms with Gasteiger partial charge < -0.3 is 9.40 Å². The van der Waals surface area contributed by atoms with Crippen molar-refractivity contribution >= 4 is 23.0 Å². The zero-order chi connectivity index (χ0) is 17.9. The van der Waals surface area contributed by atoms with Crippen molar-refractivity contribution in [2.45, 2.75) is 6.92 Å². The van der Waals surface area contributed by atoms with Crippen LogP contribution in [0.1, 0.15) is 16.8 Å². The smallest absolute Gasteiger partial charge is 0.252 e. The highest BCUT2D eigenvalue weighted by molar-refractivity contribution is 5.89. The van der Waals surface area contributed by atoms with Crippen LogP contribution in [-0.2, 0) is 0 Å². The molecule has 126 valence electrons. The first-order chi connectivity index (χ1) is 12.7. The van der Waals surface area contributed by atoms with Gasteiger partial charge in [0.05, 0.1) is 6.21 Å². The van der Waals surface area contributed by atoms with Crippen LogP contribution in [0.4, 0.5) is 5.88 Å². The SMILES string of the molecule is Cc1ccc(-c2nc(C#N)c(NN=Cc3ccc4[nH]ccc4c3)o2)cc1. The standard InChI is InChI=1S/C20H15N5O/c1-13-2-5-15(6-3-13)19-24-18(11-21)20(26-19)25-23-12-14-4-7-17-16(10-14)8-9-22-17/h2-10,12,22,25H,1H3. The maximum atomic E-state index is 9.27. The molecule has 2 aromatic carbocycles. The topological polar surface area (TPSA) is 90.0 Å². The summed E-state index contributed by atoms with van der Waals surface area (Å²) in [5.41, 5.74) is 6.88. The van der Waals surface area contributed by atoms with Gasteiger partial charge in [0.15, 0.2) is 0 Å². The van der Waals surface area contributed by atoms with Crippen molar-refractivity contribution in [1.82, 2.24) is 9.97 Å². The van der Waals surface area contributed by atoms with Gasteiger partial charge in [-0.1, -0.05) is 23.8 Å². The van der Waals surface area contributed by atoms with E-state index in [4.69, 9.17) is 4.42 Å². The van der Waals surface area contributed by atoms with Crippen molar-refractivity contribution in [3.05, 3.63) is 71.5 Å². The Bertz CT molecular complexity index is 1130. The van der Waals surface area contributed by atoms with E-state index in [1.165, 1.54) is 0 Å². The molecule has 4 aromatic rings. The van der Waals surface area contributed by atoms with E-state index in [0.29, 0.717) is 5.89 Å². The third-order valence-corrected chi connectivity index (χ3v) is 3.99. The number of aryl methyl sites for hydroxylation is 1. The van der Waals surface area contributed by atoms with Crippen LogP contribution < -0.4 is 5.43 Å². The lowest BCUT2D eigenvalue weighted by Crippen LogP contribution is -1.91. The summed E-state index contributed by atoms with van der Waals surface area (Å²) in [6, 6.07) is 17.7. The number of nitriles is 1. The summed E-state index contributed by atoms with van der Waals surface area (Å²) in [5, 5.41) is 14.5. The monoisotopic (exact) mass is 341 g/mol. The van der Waals surface area contributed by atoms with Crippen molar-refractivity contribution in [3.63, 3.8) is 0 Å². The molecule has 0 saturated heterocycles. The van der Waals surface area contributed by atoms with Gasteiger partial charge in [-0.15, -0.1) is 0 Å². The summed E-state index contributed by atoms with van der Waals surface area (Å²) in [6.45, 7) is 2.01. The largest absolute Gasteiger partial charge is 0.417 e. The number of benzene rings is 2. The molecule has 0 amide bonds. The first-order valence-corrected chi connectivity index (χ1v) is 8.07. The second-order valence-electron chi connectivity index (χ2n) is 5.87. The Labute approximate surface area is 149 Å². The summed E-state index contributed by atoms with van der Waals surface area (Å²) < 4.78 is 5.66. The van der Waals surface area contributed by atoms with Crippen LogP contribution in [0.2, 0.25) is 0 Å². The van der Waals surface area contributed by atoms with Gasteiger partial charge in [-0.25, -0.2) is 5.43 Å². The normalized spacial score (nSPS) is 11.1. The number of fused-ring (bicyclic) bond motifs is 1. The maximum absolute atomic E-state index is 9.27. The number of nitrogens with one attached hydrogen (secondary N) is 2. The van der Waals surface area contributed by atoms with E-state index in [-0.39, 0.29) is 11.6 Å². The fourth-order valence-electron chi connectivity index (χ4n) is 2.61. The van der Waals surface area contributed by atoms with Gasteiger partial charge in [0, 0.05) is 17.3 Å². The Morgan fingerprint density at radius 2 is 2.04 bits per heavy atom. The Kier molecular flexibility index (Phi) is 3.96. The van der Waals surface area contributed by atoms with E-state index in [0.717, 1.165) is 27.6 Å². The number of H-pyrrole nitrogens is 1. The fourth-order valence-corrected chi connectivity index (χ4v) is 2.61. The molecule has 6 heteroatoms. The molecule has 0 unspecified atom stereocenters. The number of hydrazone groups is 1. The Balaban J connectivity index is 1.55. The van der Waals surface area contributed by atoms with Crippen LogP contribution in [0.5, 0.6) is 0 Å². The molecule has 0 radical (unpaired) electrons. The van der Waals surface area contributed by atoms with Crippen LogP contribution >= 0.6 is 0 Å². The number of nitrogens with zero attached hydrogens (tertiary/aromatic N) is 3. The summed E-state index contributed by atoms with van der Waals surface area (Å²) in [7, 11) is 0. The van der Waals surface area contributed by atoms with E-state index in [2.05, 4.69) is 20.5 Å². The minimum atomic E-state index is 0.166. The van der Waals surface area contributed by atoms with Crippen molar-refractivity contribution in [1.29, 1.82) is 5.26 Å². The quantitative estimate of drug-likeness (QED) is 0.424. The molecule has 0 aliphatic rings. The number of hydrogen-bond donors (Lipinski definition) is 2. The molecule has 0 bridgehead atoms. The third kappa shape index (κ3) is 3.06. The number of anilines is 1. The van der Waals surface area contributed by atoms with Gasteiger partial charge in [0.1, 0.15) is 6.07 Å². The van der Waals surface area contributed by atoms with Gasteiger partial charge in [0.25, 0.3) is 5.88 Å². The van der Waals surface area contributed by atoms with Gasteiger partial charge in [0.2, 0.25) is 11.6 Å². The van der Waals surface area contributed by atoms with Crippen molar-refractivity contribution in [2.75, 3.05) is 5.43 Å². The minimum absolute atomic E-state index is 0.166. The molecule has 2 aromatic heterocycles. The molecule has 26 heavy (non-hydrogen) atoms. The van der Waals surface area contributed by atoms with Crippen LogP contribution in [-0.4, -0.2) is 16.2 Å². The lowest BCUT2D eigenvalue weighted by Gasteiger charge is -1.97. The zero-order valence-corrected chi connectivity index (χ0v) is 14.0. The molecule has 2 N–H and O–H groups in total. The molecule has 0 saturated carbocycles. The number of rotatable bonds is 4. The molecule has 0 aliphatic heterocycles. The predicted molar refractivity (Wildman–Crippen MR) is 101 cm³/mol. The molecular weight excluding hydrogens is 326 g/mol. The molecular formula is C20H15N5O. The molecule has 0 atom stereocenters. The summed E-state index contributed by atoms with van der Waals surface area (Å²) in [4.78, 5) is 7.37. The zero-order valence-electron chi connectivity index (χ0n) is 14.0. The minimum Gasteiger partial charge on any atom is -0.417 e. The third-order valence-electron chi connectivity index (χ3n) is 3.99. The van der Waals surface area contributed by atoms with Gasteiger partial charge in [-0.3, -0.25) is 0 Å². The molecule has 6 nitrogen and oxygen atoms in total. The van der Waals surface area contributed by atoms with Crippen LogP contribution in [0.15, 0.2) is 64.2 Å². The average Bonchev–Trinajstić information content (AvgIpc) is 3.28. The Hall–Kier alpha value is -3.85. The van der Waals surface area contributed by atoms with Gasteiger partial charge in [-0.05, 0) is 48.2 Å². The van der Waals surface area contributed by atoms with Crippen LogP contribution in [0, 0.1) is 18.3 Å². The average molecular weight is 341 g/mol. The summed E-state index contributed by atoms with van der Waals surface area (Å²) in [5.74, 6) is 0.607. The van der Waals surface area contributed by atoms with E-state index < -0.39 is 0 Å². The molecule has 0 spiro atoms. The molecule has 0 aliphatic carbocycles. The Morgan fingerprint density at radius 1 is 1.19 bits per heavy atom. The lowest BCUT2D eigenvalue weighted by molar-refractivity contribution is 0.587. The molecule has 4 rings (SSSR count). The van der Waals surface area contributed by atoms with E-state index in [9.17, 15) is 5.26 Å². The van der Waals surface area contributed by atoms with Crippen LogP contribution in [0.3, 0.4) is 0 Å². The van der Waals surface area contributed by atoms with E-state index in [1.54, 1.807) is 6.21 Å². The first-order valence-electron chi connectivity index (χ1n) is 8.07. The second-order valence-corrected chi connectivity index (χ2v) is 5.87. The van der Waals surface area contributed by atoms with Gasteiger partial charge >= 0.3 is 0 Å². The highest BCUT2D eigenvalue weighted by Gasteiger charge is 2.13. The number of hydrogen-bond acceptors (Lipinski definition) is 5. The number of aromatic amines is 1. The second kappa shape index (κ2) is 6.57. The van der Waals surface area contributed by atoms with Crippen LogP contribution in [0.25, 0.3) is 22.4 Å². The first kappa shape index (κ1) is 15.7. The van der Waals surface area contributed by atoms with Crippen molar-refractivity contribution < 1.29 is 4.42 Å². The number of aromatic nitrogens is 2. The van der Waals surface area contributed by atoms with E-state index in [1.807, 2.05) is 67.7 Å². The Morgan fingerprint density at radius 3 is 2.85 bits per heavy atom. The molecule has 0 fully saturated rings. The number of oxazole rings is 1. The van der Waals surface area contributed by atoms with Crippen molar-refractivity contribution in [3.8, 4) is 17.5 Å². The lowest BCUT2D eigenvalue weighted by atomic mass is 10.1. The van der Waals surface area contributed by atoms with Gasteiger partial charge in [-0.2, -0.15) is 15.3 Å². The fraction of sp³-hybridized carbons (Fsp3) is 0.0500. The highest BCUT2D eigenvalue weighted by atomic mass is 16.4. The van der Waals surface area contributed by atoms with Crippen molar-refractivity contribution in [2.24, 2.45) is 5.10 Å². The van der Waals surface area contributed by atoms with E-state index >= 15 is 0 Å². The summed E-state index contributed by atoms with van der Waals surface area (Å²) in [6.07, 6.45) is 3.56.